The van der Waals surface area contributed by atoms with E-state index in [1.54, 1.807) is 25.1 Å². The SMILES string of the molecule is CC1Oc2ccc(NC(=O)c3ccc(-c4ccccc4)c(CN4CCCCC4)c3)cc2NC1=O. The lowest BCUT2D eigenvalue weighted by Crippen LogP contribution is -2.34. The van der Waals surface area contributed by atoms with E-state index < -0.39 is 6.10 Å². The number of carbonyl (C=O) groups is 2. The highest BCUT2D eigenvalue weighted by atomic mass is 16.5. The Kier molecular flexibility index (Phi) is 6.32. The second-order valence-corrected chi connectivity index (χ2v) is 8.99. The summed E-state index contributed by atoms with van der Waals surface area (Å²) >= 11 is 0. The Balaban J connectivity index is 1.39. The molecule has 1 saturated heterocycles. The van der Waals surface area contributed by atoms with Gasteiger partial charge in [-0.05, 0) is 79.9 Å². The highest BCUT2D eigenvalue weighted by molar-refractivity contribution is 6.05. The first-order valence-electron chi connectivity index (χ1n) is 11.9. The predicted octanol–water partition coefficient (Wildman–Crippen LogP) is 5.31. The van der Waals surface area contributed by atoms with Crippen LogP contribution in [0.3, 0.4) is 0 Å². The maximum Gasteiger partial charge on any atom is 0.265 e. The number of benzene rings is 3. The van der Waals surface area contributed by atoms with Gasteiger partial charge < -0.3 is 15.4 Å². The van der Waals surface area contributed by atoms with Gasteiger partial charge in [-0.3, -0.25) is 14.5 Å². The van der Waals surface area contributed by atoms with Crippen LogP contribution in [0.5, 0.6) is 5.75 Å². The molecule has 2 aliphatic heterocycles. The summed E-state index contributed by atoms with van der Waals surface area (Å²) in [6, 6.07) is 21.5. The van der Waals surface area contributed by atoms with Crippen LogP contribution in [0.1, 0.15) is 42.1 Å². The van der Waals surface area contributed by atoms with Crippen LogP contribution < -0.4 is 15.4 Å². The number of piperidine rings is 1. The predicted molar refractivity (Wildman–Crippen MR) is 134 cm³/mol. The van der Waals surface area contributed by atoms with Gasteiger partial charge in [0.25, 0.3) is 11.8 Å². The molecular formula is C28H29N3O3. The first kappa shape index (κ1) is 22.2. The molecule has 34 heavy (non-hydrogen) atoms. The third kappa shape index (κ3) is 4.82. The summed E-state index contributed by atoms with van der Waals surface area (Å²) in [5, 5.41) is 5.79. The Morgan fingerprint density at radius 2 is 1.82 bits per heavy atom. The van der Waals surface area contributed by atoms with Crippen LogP contribution in [-0.4, -0.2) is 35.9 Å². The number of carbonyl (C=O) groups excluding carboxylic acids is 2. The Bertz CT molecular complexity index is 1200. The monoisotopic (exact) mass is 455 g/mol. The summed E-state index contributed by atoms with van der Waals surface area (Å²) in [7, 11) is 0. The van der Waals surface area contributed by atoms with Crippen molar-refractivity contribution in [2.45, 2.75) is 38.8 Å². The molecule has 0 bridgehead atoms. The second kappa shape index (κ2) is 9.69. The van der Waals surface area contributed by atoms with Crippen molar-refractivity contribution in [1.29, 1.82) is 0 Å². The lowest BCUT2D eigenvalue weighted by Gasteiger charge is -2.27. The molecule has 2 amide bonds. The number of rotatable bonds is 5. The van der Waals surface area contributed by atoms with Crippen LogP contribution in [0.2, 0.25) is 0 Å². The minimum atomic E-state index is -0.533. The largest absolute Gasteiger partial charge is 0.479 e. The Morgan fingerprint density at radius 1 is 1.03 bits per heavy atom. The van der Waals surface area contributed by atoms with Crippen molar-refractivity contribution < 1.29 is 14.3 Å². The molecule has 2 aliphatic rings. The number of nitrogens with one attached hydrogen (secondary N) is 2. The summed E-state index contributed by atoms with van der Waals surface area (Å²) < 4.78 is 5.60. The topological polar surface area (TPSA) is 70.7 Å². The molecule has 6 nitrogen and oxygen atoms in total. The van der Waals surface area contributed by atoms with Gasteiger partial charge in [0.15, 0.2) is 6.10 Å². The molecule has 1 atom stereocenters. The zero-order chi connectivity index (χ0) is 23.5. The number of hydrogen-bond donors (Lipinski definition) is 2. The van der Waals surface area contributed by atoms with E-state index in [0.29, 0.717) is 22.7 Å². The van der Waals surface area contributed by atoms with Gasteiger partial charge in [-0.15, -0.1) is 0 Å². The van der Waals surface area contributed by atoms with Crippen molar-refractivity contribution in [2.24, 2.45) is 0 Å². The minimum absolute atomic E-state index is 0.184. The van der Waals surface area contributed by atoms with Gasteiger partial charge in [-0.1, -0.05) is 42.8 Å². The van der Waals surface area contributed by atoms with Crippen LogP contribution in [0.4, 0.5) is 11.4 Å². The van der Waals surface area contributed by atoms with Crippen LogP contribution in [0, 0.1) is 0 Å². The fraction of sp³-hybridized carbons (Fsp3) is 0.286. The van der Waals surface area contributed by atoms with Crippen LogP contribution in [0.25, 0.3) is 11.1 Å². The maximum absolute atomic E-state index is 13.1. The van der Waals surface area contributed by atoms with Crippen molar-refractivity contribution in [3.05, 3.63) is 77.9 Å². The Morgan fingerprint density at radius 3 is 2.62 bits per heavy atom. The number of hydrogen-bond acceptors (Lipinski definition) is 4. The average molecular weight is 456 g/mol. The molecule has 0 radical (unpaired) electrons. The number of fused-ring (bicyclic) bond motifs is 1. The zero-order valence-electron chi connectivity index (χ0n) is 19.3. The van der Waals surface area contributed by atoms with Crippen molar-refractivity contribution >= 4 is 23.2 Å². The number of anilines is 2. The molecule has 1 unspecified atom stereocenters. The van der Waals surface area contributed by atoms with E-state index in [2.05, 4.69) is 27.7 Å². The van der Waals surface area contributed by atoms with E-state index in [9.17, 15) is 9.59 Å². The highest BCUT2D eigenvalue weighted by Crippen LogP contribution is 2.33. The van der Waals surface area contributed by atoms with E-state index in [0.717, 1.165) is 36.3 Å². The summed E-state index contributed by atoms with van der Waals surface area (Å²) in [5.41, 5.74) is 5.24. The molecule has 174 valence electrons. The summed E-state index contributed by atoms with van der Waals surface area (Å²) in [6.07, 6.45) is 3.20. The fourth-order valence-electron chi connectivity index (χ4n) is 4.61. The third-order valence-electron chi connectivity index (χ3n) is 6.46. The molecule has 3 aromatic carbocycles. The highest BCUT2D eigenvalue weighted by Gasteiger charge is 2.24. The molecule has 6 heteroatoms. The van der Waals surface area contributed by atoms with Crippen LogP contribution >= 0.6 is 0 Å². The molecule has 5 rings (SSSR count). The molecule has 3 aromatic rings. The van der Waals surface area contributed by atoms with Gasteiger partial charge in [-0.2, -0.15) is 0 Å². The van der Waals surface area contributed by atoms with Gasteiger partial charge in [0.1, 0.15) is 5.75 Å². The van der Waals surface area contributed by atoms with E-state index in [4.69, 9.17) is 4.74 Å². The first-order chi connectivity index (χ1) is 16.6. The summed E-state index contributed by atoms with van der Waals surface area (Å²) in [6.45, 7) is 4.71. The standard InChI is InChI=1S/C28H29N3O3/c1-19-27(32)30-25-17-23(11-13-26(25)34-19)29-28(33)21-10-12-24(20-8-4-2-5-9-20)22(16-21)18-31-14-6-3-7-15-31/h2,4-5,8-13,16-17,19H,3,6-7,14-15,18H2,1H3,(H,29,33)(H,30,32). The smallest absolute Gasteiger partial charge is 0.265 e. The van der Waals surface area contributed by atoms with Crippen molar-refractivity contribution in [1.82, 2.24) is 4.90 Å². The number of nitrogens with zero attached hydrogens (tertiary/aromatic N) is 1. The molecular weight excluding hydrogens is 426 g/mol. The first-order valence-corrected chi connectivity index (χ1v) is 11.9. The molecule has 1 fully saturated rings. The van der Waals surface area contributed by atoms with Crippen LogP contribution in [-0.2, 0) is 11.3 Å². The van der Waals surface area contributed by atoms with Gasteiger partial charge in [0.05, 0.1) is 5.69 Å². The van der Waals surface area contributed by atoms with E-state index >= 15 is 0 Å². The second-order valence-electron chi connectivity index (χ2n) is 8.99. The van der Waals surface area contributed by atoms with Crippen molar-refractivity contribution in [3.8, 4) is 16.9 Å². The molecule has 0 spiro atoms. The molecule has 0 aliphatic carbocycles. The molecule has 0 aromatic heterocycles. The maximum atomic E-state index is 13.1. The Hall–Kier alpha value is -3.64. The van der Waals surface area contributed by atoms with Crippen LogP contribution in [0.15, 0.2) is 66.7 Å². The van der Waals surface area contributed by atoms with Crippen molar-refractivity contribution in [2.75, 3.05) is 23.7 Å². The lowest BCUT2D eigenvalue weighted by atomic mass is 9.96. The minimum Gasteiger partial charge on any atom is -0.479 e. The summed E-state index contributed by atoms with van der Waals surface area (Å²) in [4.78, 5) is 27.6. The van der Waals surface area contributed by atoms with Crippen molar-refractivity contribution in [3.63, 3.8) is 0 Å². The van der Waals surface area contributed by atoms with E-state index in [-0.39, 0.29) is 11.8 Å². The van der Waals surface area contributed by atoms with Gasteiger partial charge in [0, 0.05) is 17.8 Å². The number of amides is 2. The number of ether oxygens (including phenoxy) is 1. The molecule has 2 heterocycles. The van der Waals surface area contributed by atoms with E-state index in [1.807, 2.05) is 36.4 Å². The lowest BCUT2D eigenvalue weighted by molar-refractivity contribution is -0.122. The quantitative estimate of drug-likeness (QED) is 0.547. The Labute approximate surface area is 199 Å². The van der Waals surface area contributed by atoms with Gasteiger partial charge in [0.2, 0.25) is 0 Å². The normalized spacial score (nSPS) is 17.9. The fourth-order valence-corrected chi connectivity index (χ4v) is 4.61. The summed E-state index contributed by atoms with van der Waals surface area (Å²) in [5.74, 6) is 0.215. The average Bonchev–Trinajstić information content (AvgIpc) is 2.86. The van der Waals surface area contributed by atoms with Gasteiger partial charge in [-0.25, -0.2) is 0 Å². The number of likely N-dealkylation sites (tertiary alicyclic amines) is 1. The van der Waals surface area contributed by atoms with E-state index in [1.165, 1.54) is 19.3 Å². The van der Waals surface area contributed by atoms with Gasteiger partial charge >= 0.3 is 0 Å². The zero-order valence-corrected chi connectivity index (χ0v) is 19.3. The molecule has 0 saturated carbocycles. The molecule has 2 N–H and O–H groups in total. The third-order valence-corrected chi connectivity index (χ3v) is 6.46.